The summed E-state index contributed by atoms with van der Waals surface area (Å²) in [5, 5.41) is 3.03. The minimum Gasteiger partial charge on any atom is -0.491 e. The Bertz CT molecular complexity index is 921. The second kappa shape index (κ2) is 9.76. The van der Waals surface area contributed by atoms with Gasteiger partial charge < -0.3 is 15.8 Å². The first-order chi connectivity index (χ1) is 13.6. The average molecular weight is 419 g/mol. The molecule has 2 rings (SSSR count). The molecule has 0 heterocycles. The molecule has 0 fully saturated rings. The first kappa shape index (κ1) is 22.7. The molecule has 0 aliphatic rings. The molecule has 3 N–H and O–H groups in total. The molecule has 0 aliphatic carbocycles. The van der Waals surface area contributed by atoms with Crippen LogP contribution in [0.3, 0.4) is 0 Å². The van der Waals surface area contributed by atoms with Crippen LogP contribution in [0.5, 0.6) is 5.75 Å². The van der Waals surface area contributed by atoms with E-state index in [9.17, 15) is 8.42 Å². The lowest BCUT2D eigenvalue weighted by atomic mass is 10.2. The summed E-state index contributed by atoms with van der Waals surface area (Å²) in [6.07, 6.45) is 0.118. The van der Waals surface area contributed by atoms with Gasteiger partial charge in [0, 0.05) is 18.8 Å². The van der Waals surface area contributed by atoms with Gasteiger partial charge in [-0.25, -0.2) is 13.4 Å². The van der Waals surface area contributed by atoms with E-state index in [1.54, 1.807) is 31.3 Å². The largest absolute Gasteiger partial charge is 0.491 e. The second-order valence-electron chi connectivity index (χ2n) is 7.28. The quantitative estimate of drug-likeness (QED) is 0.506. The number of benzene rings is 2. The number of guanidine groups is 1. The van der Waals surface area contributed by atoms with Crippen molar-refractivity contribution in [1.29, 1.82) is 0 Å². The number of ether oxygens (including phenoxy) is 1. The Balaban J connectivity index is 1.99. The van der Waals surface area contributed by atoms with Crippen LogP contribution >= 0.6 is 0 Å². The van der Waals surface area contributed by atoms with Crippen molar-refractivity contribution < 1.29 is 13.2 Å². The van der Waals surface area contributed by atoms with Gasteiger partial charge in [-0.05, 0) is 69.7 Å². The van der Waals surface area contributed by atoms with Crippen LogP contribution in [0.15, 0.2) is 58.4 Å². The maximum atomic E-state index is 12.5. The van der Waals surface area contributed by atoms with E-state index in [1.165, 1.54) is 4.31 Å². The van der Waals surface area contributed by atoms with Crippen LogP contribution in [0.2, 0.25) is 0 Å². The maximum Gasteiger partial charge on any atom is 0.243 e. The van der Waals surface area contributed by atoms with Crippen LogP contribution in [0.25, 0.3) is 0 Å². The van der Waals surface area contributed by atoms with Gasteiger partial charge in [0.15, 0.2) is 5.96 Å². The van der Waals surface area contributed by atoms with Crippen LogP contribution in [0.4, 0.5) is 5.69 Å². The minimum atomic E-state index is -3.49. The Hall–Kier alpha value is -2.58. The van der Waals surface area contributed by atoms with Gasteiger partial charge in [0.1, 0.15) is 5.75 Å². The zero-order chi connectivity index (χ0) is 21.6. The van der Waals surface area contributed by atoms with Gasteiger partial charge in [0.05, 0.1) is 17.5 Å². The molecular weight excluding hydrogens is 388 g/mol. The molecule has 0 amide bonds. The van der Waals surface area contributed by atoms with Crippen LogP contribution in [-0.4, -0.2) is 37.9 Å². The summed E-state index contributed by atoms with van der Waals surface area (Å²) in [4.78, 5) is 4.57. The fourth-order valence-electron chi connectivity index (χ4n) is 2.46. The fraction of sp³-hybridized carbons (Fsp3) is 0.381. The Labute approximate surface area is 173 Å². The van der Waals surface area contributed by atoms with Crippen molar-refractivity contribution in [2.24, 2.45) is 10.7 Å². The first-order valence-electron chi connectivity index (χ1n) is 9.50. The highest BCUT2D eigenvalue weighted by atomic mass is 32.2. The van der Waals surface area contributed by atoms with Gasteiger partial charge in [-0.1, -0.05) is 12.1 Å². The first-order valence-corrected chi connectivity index (χ1v) is 10.9. The normalized spacial score (nSPS) is 12.6. The number of nitrogens with two attached hydrogens (primary N) is 1. The third-order valence-corrected chi connectivity index (χ3v) is 6.31. The van der Waals surface area contributed by atoms with Gasteiger partial charge in [0.25, 0.3) is 0 Å². The van der Waals surface area contributed by atoms with Crippen LogP contribution < -0.4 is 15.8 Å². The highest BCUT2D eigenvalue weighted by molar-refractivity contribution is 7.89. The molecule has 2 aromatic carbocycles. The van der Waals surface area contributed by atoms with Crippen molar-refractivity contribution in [3.63, 3.8) is 0 Å². The van der Waals surface area contributed by atoms with Crippen molar-refractivity contribution in [1.82, 2.24) is 4.31 Å². The molecule has 0 bridgehead atoms. The monoisotopic (exact) mass is 418 g/mol. The summed E-state index contributed by atoms with van der Waals surface area (Å²) < 4.78 is 31.9. The zero-order valence-corrected chi connectivity index (χ0v) is 18.4. The van der Waals surface area contributed by atoms with Crippen LogP contribution in [-0.2, 0) is 16.6 Å². The number of anilines is 1. The maximum absolute atomic E-state index is 12.5. The Morgan fingerprint density at radius 2 is 1.66 bits per heavy atom. The molecule has 7 nitrogen and oxygen atoms in total. The Morgan fingerprint density at radius 1 is 1.07 bits per heavy atom. The van der Waals surface area contributed by atoms with Crippen molar-refractivity contribution in [3.8, 4) is 5.75 Å². The standard InChI is InChI=1S/C21H30N4O3S/c1-15(2)25(5)29(26,27)20-12-6-17(7-13-20)14-23-21(22)24-18-8-10-19(11-9-18)28-16(3)4/h6-13,15-16H,14H2,1-5H3,(H3,22,23,24). The van der Waals surface area contributed by atoms with Crippen LogP contribution in [0.1, 0.15) is 33.3 Å². The molecule has 29 heavy (non-hydrogen) atoms. The van der Waals surface area contributed by atoms with E-state index in [0.717, 1.165) is 17.0 Å². The van der Waals surface area contributed by atoms with Gasteiger partial charge in [-0.3, -0.25) is 0 Å². The summed E-state index contributed by atoms with van der Waals surface area (Å²) in [7, 11) is -1.91. The summed E-state index contributed by atoms with van der Waals surface area (Å²) in [5.41, 5.74) is 7.62. The summed E-state index contributed by atoms with van der Waals surface area (Å²) >= 11 is 0. The van der Waals surface area contributed by atoms with E-state index in [1.807, 2.05) is 52.0 Å². The number of rotatable bonds is 8. The van der Waals surface area contributed by atoms with Crippen molar-refractivity contribution in [2.75, 3.05) is 12.4 Å². The summed E-state index contributed by atoms with van der Waals surface area (Å²) in [6.45, 7) is 7.96. The predicted octanol–water partition coefficient (Wildman–Crippen LogP) is 3.43. The Morgan fingerprint density at radius 3 is 2.17 bits per heavy atom. The van der Waals surface area contributed by atoms with E-state index in [4.69, 9.17) is 10.5 Å². The lowest BCUT2D eigenvalue weighted by molar-refractivity contribution is 0.242. The van der Waals surface area contributed by atoms with Gasteiger partial charge >= 0.3 is 0 Å². The fourth-order valence-corrected chi connectivity index (χ4v) is 3.83. The molecule has 0 atom stereocenters. The predicted molar refractivity (Wildman–Crippen MR) is 118 cm³/mol. The molecule has 0 saturated carbocycles. The van der Waals surface area contributed by atoms with Gasteiger partial charge in [0.2, 0.25) is 10.0 Å². The van der Waals surface area contributed by atoms with E-state index < -0.39 is 10.0 Å². The summed E-state index contributed by atoms with van der Waals surface area (Å²) in [5.74, 6) is 1.07. The third-order valence-electron chi connectivity index (χ3n) is 4.26. The third kappa shape index (κ3) is 6.47. The number of hydrogen-bond acceptors (Lipinski definition) is 4. The number of nitrogens with zero attached hydrogens (tertiary/aromatic N) is 2. The molecule has 0 aromatic heterocycles. The summed E-state index contributed by atoms with van der Waals surface area (Å²) in [6, 6.07) is 14.0. The molecule has 8 heteroatoms. The number of sulfonamides is 1. The molecule has 158 valence electrons. The molecule has 0 radical (unpaired) electrons. The number of nitrogens with one attached hydrogen (secondary N) is 1. The molecule has 0 unspecified atom stereocenters. The van der Waals surface area contributed by atoms with Crippen LogP contribution in [0, 0.1) is 0 Å². The lowest BCUT2D eigenvalue weighted by Gasteiger charge is -2.21. The minimum absolute atomic E-state index is 0.110. The SMILES string of the molecule is CC(C)Oc1ccc(NC(N)=NCc2ccc(S(=O)(=O)N(C)C(C)C)cc2)cc1. The zero-order valence-electron chi connectivity index (χ0n) is 17.6. The topological polar surface area (TPSA) is 97.0 Å². The highest BCUT2D eigenvalue weighted by Crippen LogP contribution is 2.18. The Kier molecular flexibility index (Phi) is 7.64. The molecule has 0 spiro atoms. The average Bonchev–Trinajstić information content (AvgIpc) is 2.67. The van der Waals surface area contributed by atoms with E-state index >= 15 is 0 Å². The van der Waals surface area contributed by atoms with Crippen molar-refractivity contribution >= 4 is 21.7 Å². The molecule has 0 aliphatic heterocycles. The number of hydrogen-bond donors (Lipinski definition) is 2. The molecule has 2 aromatic rings. The lowest BCUT2D eigenvalue weighted by Crippen LogP contribution is -2.33. The number of aliphatic imine (C=N–C) groups is 1. The van der Waals surface area contributed by atoms with Gasteiger partial charge in [-0.2, -0.15) is 4.31 Å². The smallest absolute Gasteiger partial charge is 0.243 e. The highest BCUT2D eigenvalue weighted by Gasteiger charge is 2.22. The van der Waals surface area contributed by atoms with E-state index in [0.29, 0.717) is 6.54 Å². The molecule has 0 saturated heterocycles. The van der Waals surface area contributed by atoms with Crippen molar-refractivity contribution in [3.05, 3.63) is 54.1 Å². The van der Waals surface area contributed by atoms with E-state index in [-0.39, 0.29) is 23.0 Å². The van der Waals surface area contributed by atoms with Gasteiger partial charge in [-0.15, -0.1) is 0 Å². The molecular formula is C21H30N4O3S. The van der Waals surface area contributed by atoms with Crippen molar-refractivity contribution in [2.45, 2.75) is 51.3 Å². The second-order valence-corrected chi connectivity index (χ2v) is 9.27. The van der Waals surface area contributed by atoms with E-state index in [2.05, 4.69) is 10.3 Å².